The van der Waals surface area contributed by atoms with Gasteiger partial charge in [0.15, 0.2) is 0 Å². The molecule has 1 N–H and O–H groups in total. The molecule has 0 spiro atoms. The van der Waals surface area contributed by atoms with E-state index in [-0.39, 0.29) is 19.1 Å². The lowest BCUT2D eigenvalue weighted by atomic mass is 10.0. The highest BCUT2D eigenvalue weighted by Gasteiger charge is 2.25. The molecule has 206 valence electrons. The average molecular weight is 514 g/mol. The molecule has 0 radical (unpaired) electrons. The lowest BCUT2D eigenvalue weighted by Crippen LogP contribution is -2.17. The summed E-state index contributed by atoms with van der Waals surface area (Å²) in [5.74, 6) is 0.629. The highest BCUT2D eigenvalue weighted by Crippen LogP contribution is 2.24. The van der Waals surface area contributed by atoms with Crippen molar-refractivity contribution in [1.29, 1.82) is 5.26 Å². The zero-order chi connectivity index (χ0) is 26.5. The topological polar surface area (TPSA) is 62.5 Å². The standard InChI is InChI=1S/C29H46F3NO3/c1-35-28-21-25(22-33)18-19-26(28)24-36-27(23-34)17-15-13-11-9-7-5-3-2-4-6-8-10-12-14-16-20-29(30,31)32/h18-19,21,27,34H,2-17,20,23-24H2,1H3/t27-/m0/s1. The van der Waals surface area contributed by atoms with E-state index in [1.165, 1.54) is 51.4 Å². The molecule has 0 saturated heterocycles. The molecular weight excluding hydrogens is 467 g/mol. The van der Waals surface area contributed by atoms with Crippen LogP contribution in [0.4, 0.5) is 13.2 Å². The van der Waals surface area contributed by atoms with Crippen LogP contribution in [0, 0.1) is 11.3 Å². The van der Waals surface area contributed by atoms with Gasteiger partial charge in [0.2, 0.25) is 0 Å². The molecule has 1 aromatic carbocycles. The van der Waals surface area contributed by atoms with Crippen LogP contribution in [0.1, 0.15) is 120 Å². The van der Waals surface area contributed by atoms with Crippen molar-refractivity contribution in [1.82, 2.24) is 0 Å². The first-order chi connectivity index (χ1) is 17.4. The van der Waals surface area contributed by atoms with Gasteiger partial charge < -0.3 is 14.6 Å². The molecule has 36 heavy (non-hydrogen) atoms. The van der Waals surface area contributed by atoms with E-state index < -0.39 is 12.6 Å². The number of benzene rings is 1. The maximum Gasteiger partial charge on any atom is 0.389 e. The minimum Gasteiger partial charge on any atom is -0.496 e. The maximum absolute atomic E-state index is 12.1. The minimum atomic E-state index is -4.00. The molecule has 0 aliphatic rings. The van der Waals surface area contributed by atoms with Crippen molar-refractivity contribution in [2.75, 3.05) is 13.7 Å². The van der Waals surface area contributed by atoms with E-state index in [0.717, 1.165) is 44.1 Å². The average Bonchev–Trinajstić information content (AvgIpc) is 2.86. The molecule has 0 heterocycles. The molecule has 0 aromatic heterocycles. The fraction of sp³-hybridized carbons (Fsp3) is 0.759. The number of hydrogen-bond acceptors (Lipinski definition) is 4. The van der Waals surface area contributed by atoms with E-state index >= 15 is 0 Å². The summed E-state index contributed by atoms with van der Waals surface area (Å²) in [4.78, 5) is 0. The van der Waals surface area contributed by atoms with Crippen LogP contribution in [0.5, 0.6) is 5.75 Å². The van der Waals surface area contributed by atoms with Crippen molar-refractivity contribution in [3.05, 3.63) is 29.3 Å². The van der Waals surface area contributed by atoms with Gasteiger partial charge in [0.1, 0.15) is 5.75 Å². The van der Waals surface area contributed by atoms with Crippen molar-refractivity contribution < 1.29 is 27.8 Å². The molecule has 0 amide bonds. The zero-order valence-corrected chi connectivity index (χ0v) is 22.1. The molecule has 0 saturated carbocycles. The molecule has 0 aliphatic carbocycles. The van der Waals surface area contributed by atoms with Crippen LogP contribution in [-0.4, -0.2) is 31.1 Å². The number of rotatable bonds is 22. The smallest absolute Gasteiger partial charge is 0.389 e. The Morgan fingerprint density at radius 3 is 1.78 bits per heavy atom. The number of methoxy groups -OCH3 is 1. The summed E-state index contributed by atoms with van der Waals surface area (Å²) in [5, 5.41) is 18.6. The molecule has 4 nitrogen and oxygen atoms in total. The Morgan fingerprint density at radius 2 is 1.33 bits per heavy atom. The van der Waals surface area contributed by atoms with Crippen molar-refractivity contribution in [2.45, 2.75) is 128 Å². The first-order valence-corrected chi connectivity index (χ1v) is 13.8. The van der Waals surface area contributed by atoms with E-state index in [4.69, 9.17) is 14.7 Å². The third-order valence-corrected chi connectivity index (χ3v) is 6.58. The van der Waals surface area contributed by atoms with Gasteiger partial charge in [-0.25, -0.2) is 0 Å². The molecule has 0 aliphatic heterocycles. The minimum absolute atomic E-state index is 0.00332. The highest BCUT2D eigenvalue weighted by atomic mass is 19.4. The fourth-order valence-electron chi connectivity index (χ4n) is 4.36. The summed E-state index contributed by atoms with van der Waals surface area (Å²) in [5.41, 5.74) is 1.42. The van der Waals surface area contributed by atoms with Crippen molar-refractivity contribution in [3.8, 4) is 11.8 Å². The monoisotopic (exact) mass is 513 g/mol. The highest BCUT2D eigenvalue weighted by molar-refractivity contribution is 5.42. The predicted molar refractivity (Wildman–Crippen MR) is 138 cm³/mol. The van der Waals surface area contributed by atoms with Gasteiger partial charge in [-0.05, 0) is 25.0 Å². The van der Waals surface area contributed by atoms with E-state index in [0.29, 0.717) is 24.3 Å². The van der Waals surface area contributed by atoms with E-state index in [9.17, 15) is 18.3 Å². The van der Waals surface area contributed by atoms with Gasteiger partial charge >= 0.3 is 6.18 Å². The second kappa shape index (κ2) is 20.3. The molecular formula is C29H46F3NO3. The first-order valence-electron chi connectivity index (χ1n) is 13.8. The number of halogens is 3. The second-order valence-electron chi connectivity index (χ2n) is 9.71. The van der Waals surface area contributed by atoms with E-state index in [1.54, 1.807) is 19.2 Å². The third kappa shape index (κ3) is 16.8. The Balaban J connectivity index is 1.93. The van der Waals surface area contributed by atoms with Crippen LogP contribution in [0.25, 0.3) is 0 Å². The second-order valence-corrected chi connectivity index (χ2v) is 9.71. The number of ether oxygens (including phenoxy) is 2. The number of aliphatic hydroxyl groups is 1. The first kappa shape index (κ1) is 32.2. The predicted octanol–water partition coefficient (Wildman–Crippen LogP) is 8.64. The molecule has 0 unspecified atom stereocenters. The van der Waals surface area contributed by atoms with Crippen LogP contribution in [0.3, 0.4) is 0 Å². The van der Waals surface area contributed by atoms with Gasteiger partial charge in [-0.1, -0.05) is 96.0 Å². The number of nitrogens with zero attached hydrogens (tertiary/aromatic N) is 1. The lowest BCUT2D eigenvalue weighted by molar-refractivity contribution is -0.135. The fourth-order valence-corrected chi connectivity index (χ4v) is 4.36. The van der Waals surface area contributed by atoms with Crippen molar-refractivity contribution >= 4 is 0 Å². The van der Waals surface area contributed by atoms with Crippen LogP contribution >= 0.6 is 0 Å². The van der Waals surface area contributed by atoms with Gasteiger partial charge in [0, 0.05) is 12.0 Å². The van der Waals surface area contributed by atoms with Crippen LogP contribution in [0.2, 0.25) is 0 Å². The van der Waals surface area contributed by atoms with Crippen LogP contribution in [-0.2, 0) is 11.3 Å². The zero-order valence-electron chi connectivity index (χ0n) is 22.1. The number of aliphatic hydroxyl groups excluding tert-OH is 1. The van der Waals surface area contributed by atoms with Crippen LogP contribution < -0.4 is 4.74 Å². The van der Waals surface area contributed by atoms with Gasteiger partial charge in [0.25, 0.3) is 0 Å². The van der Waals surface area contributed by atoms with E-state index in [2.05, 4.69) is 6.07 Å². The van der Waals surface area contributed by atoms with Gasteiger partial charge in [-0.3, -0.25) is 0 Å². The summed E-state index contributed by atoms with van der Waals surface area (Å²) < 4.78 is 47.4. The van der Waals surface area contributed by atoms with E-state index in [1.807, 2.05) is 6.07 Å². The Kier molecular flexibility index (Phi) is 18.2. The van der Waals surface area contributed by atoms with Crippen molar-refractivity contribution in [3.63, 3.8) is 0 Å². The molecule has 1 aromatic rings. The maximum atomic E-state index is 12.1. The van der Waals surface area contributed by atoms with Gasteiger partial charge in [-0.2, -0.15) is 18.4 Å². The summed E-state index contributed by atoms with van der Waals surface area (Å²) in [7, 11) is 1.57. The Labute approximate surface area is 216 Å². The summed E-state index contributed by atoms with van der Waals surface area (Å²) >= 11 is 0. The number of alkyl halides is 3. The lowest BCUT2D eigenvalue weighted by Gasteiger charge is -2.17. The summed E-state index contributed by atoms with van der Waals surface area (Å²) in [6.45, 7) is 0.346. The molecule has 0 bridgehead atoms. The molecule has 0 fully saturated rings. The van der Waals surface area contributed by atoms with Gasteiger partial charge in [-0.15, -0.1) is 0 Å². The Hall–Kier alpha value is -1.78. The third-order valence-electron chi connectivity index (χ3n) is 6.58. The summed E-state index contributed by atoms with van der Waals surface area (Å²) in [6.07, 6.45) is 12.2. The normalized spacial score (nSPS) is 12.4. The summed E-state index contributed by atoms with van der Waals surface area (Å²) in [6, 6.07) is 7.37. The molecule has 1 rings (SSSR count). The van der Waals surface area contributed by atoms with Gasteiger partial charge in [0.05, 0.1) is 38.1 Å². The SMILES string of the molecule is COc1cc(C#N)ccc1CO[C@H](CO)CCCCCCCCCCCCCCCCCC(F)(F)F. The van der Waals surface area contributed by atoms with Crippen LogP contribution in [0.15, 0.2) is 18.2 Å². The number of nitriles is 1. The molecule has 1 atom stereocenters. The Bertz CT molecular complexity index is 719. The Morgan fingerprint density at radius 1 is 0.833 bits per heavy atom. The number of unbranched alkanes of at least 4 members (excludes halogenated alkanes) is 14. The largest absolute Gasteiger partial charge is 0.496 e. The van der Waals surface area contributed by atoms with Crippen molar-refractivity contribution in [2.24, 2.45) is 0 Å². The quantitative estimate of drug-likeness (QED) is 0.158. The number of hydrogen-bond donors (Lipinski definition) is 1. The molecule has 7 heteroatoms.